The van der Waals surface area contributed by atoms with Gasteiger partial charge in [0.25, 0.3) is 5.56 Å². The molecule has 3 rings (SSSR count). The van der Waals surface area contributed by atoms with E-state index in [0.717, 1.165) is 24.1 Å². The number of benzene rings is 1. The number of hydrogen-bond acceptors (Lipinski definition) is 2. The van der Waals surface area contributed by atoms with Gasteiger partial charge in [0.2, 0.25) is 0 Å². The van der Waals surface area contributed by atoms with Crippen molar-refractivity contribution in [3.63, 3.8) is 0 Å². The molecule has 1 aromatic carbocycles. The second-order valence-corrected chi connectivity index (χ2v) is 6.03. The Bertz CT molecular complexity index is 670. The van der Waals surface area contributed by atoms with E-state index in [0.29, 0.717) is 21.8 Å². The first kappa shape index (κ1) is 13.7. The highest BCUT2D eigenvalue weighted by Gasteiger charge is 2.19. The lowest BCUT2D eigenvalue weighted by Gasteiger charge is -2.10. The Morgan fingerprint density at radius 3 is 2.35 bits per heavy atom. The summed E-state index contributed by atoms with van der Waals surface area (Å²) in [5.74, 6) is 0.925. The van der Waals surface area contributed by atoms with E-state index in [4.69, 9.17) is 23.2 Å². The fraction of sp³-hybridized carbons (Fsp3) is 0.333. The number of nitrogens with one attached hydrogen (secondary N) is 1. The molecule has 0 radical (unpaired) electrons. The summed E-state index contributed by atoms with van der Waals surface area (Å²) in [4.78, 5) is 19.2. The van der Waals surface area contributed by atoms with E-state index in [2.05, 4.69) is 9.97 Å². The van der Waals surface area contributed by atoms with Gasteiger partial charge >= 0.3 is 0 Å². The Morgan fingerprint density at radius 2 is 1.70 bits per heavy atom. The Hall–Kier alpha value is -1.32. The van der Waals surface area contributed by atoms with E-state index in [1.807, 2.05) is 0 Å². The highest BCUT2D eigenvalue weighted by atomic mass is 35.5. The molecule has 0 saturated heterocycles. The van der Waals surface area contributed by atoms with Crippen molar-refractivity contribution in [3.05, 3.63) is 50.4 Å². The summed E-state index contributed by atoms with van der Waals surface area (Å²) in [6, 6.07) is 6.77. The Kier molecular flexibility index (Phi) is 3.81. The lowest BCUT2D eigenvalue weighted by atomic mass is 10.0. The first-order valence-corrected chi connectivity index (χ1v) is 7.45. The minimum atomic E-state index is -0.131. The average Bonchev–Trinajstić information content (AvgIpc) is 2.90. The van der Waals surface area contributed by atoms with Gasteiger partial charge in [-0.05, 0) is 31.0 Å². The van der Waals surface area contributed by atoms with Crippen molar-refractivity contribution in [2.45, 2.75) is 31.6 Å². The number of nitrogens with zero attached hydrogens (tertiary/aromatic N) is 1. The third-order valence-corrected chi connectivity index (χ3v) is 4.11. The molecule has 0 aliphatic heterocycles. The van der Waals surface area contributed by atoms with Crippen molar-refractivity contribution < 1.29 is 0 Å². The largest absolute Gasteiger partial charge is 0.307 e. The number of rotatable bonds is 2. The van der Waals surface area contributed by atoms with Crippen LogP contribution in [0.1, 0.15) is 37.3 Å². The third-order valence-electron chi connectivity index (χ3n) is 3.67. The van der Waals surface area contributed by atoms with Gasteiger partial charge in [-0.25, -0.2) is 4.98 Å². The number of aromatic nitrogens is 2. The predicted octanol–water partition coefficient (Wildman–Crippen LogP) is 4.40. The van der Waals surface area contributed by atoms with Gasteiger partial charge in [0.05, 0.1) is 5.69 Å². The quantitative estimate of drug-likeness (QED) is 0.893. The molecule has 1 fully saturated rings. The fourth-order valence-corrected chi connectivity index (χ4v) is 3.26. The van der Waals surface area contributed by atoms with Crippen LogP contribution >= 0.6 is 23.2 Å². The van der Waals surface area contributed by atoms with Crippen LogP contribution in [0, 0.1) is 0 Å². The zero-order valence-electron chi connectivity index (χ0n) is 10.8. The summed E-state index contributed by atoms with van der Waals surface area (Å²) >= 11 is 12.0. The SMILES string of the molecule is O=c1cc(C2CCCC2)nc(-c2cc(Cl)cc(Cl)c2)[nH]1. The summed E-state index contributed by atoms with van der Waals surface area (Å²) in [5.41, 5.74) is 1.48. The molecule has 0 bridgehead atoms. The second kappa shape index (κ2) is 5.58. The van der Waals surface area contributed by atoms with Crippen molar-refractivity contribution in [1.29, 1.82) is 0 Å². The van der Waals surface area contributed by atoms with Crippen molar-refractivity contribution >= 4 is 23.2 Å². The molecular formula is C15H14Cl2N2O. The number of halogens is 2. The van der Waals surface area contributed by atoms with Crippen LogP contribution in [0.25, 0.3) is 11.4 Å². The summed E-state index contributed by atoms with van der Waals surface area (Å²) in [6.45, 7) is 0. The van der Waals surface area contributed by atoms with Crippen LogP contribution in [0.2, 0.25) is 10.0 Å². The van der Waals surface area contributed by atoms with Crippen LogP contribution in [0.3, 0.4) is 0 Å². The topological polar surface area (TPSA) is 45.8 Å². The Morgan fingerprint density at radius 1 is 1.05 bits per heavy atom. The van der Waals surface area contributed by atoms with E-state index < -0.39 is 0 Å². The second-order valence-electron chi connectivity index (χ2n) is 5.16. The van der Waals surface area contributed by atoms with Crippen LogP contribution < -0.4 is 5.56 Å². The van der Waals surface area contributed by atoms with Gasteiger partial charge < -0.3 is 4.98 Å². The lowest BCUT2D eigenvalue weighted by molar-refractivity contribution is 0.693. The molecule has 1 aliphatic rings. The van der Waals surface area contributed by atoms with Crippen molar-refractivity contribution in [3.8, 4) is 11.4 Å². The monoisotopic (exact) mass is 308 g/mol. The van der Waals surface area contributed by atoms with Crippen LogP contribution in [0.4, 0.5) is 0 Å². The van der Waals surface area contributed by atoms with Crippen LogP contribution in [-0.2, 0) is 0 Å². The van der Waals surface area contributed by atoms with Crippen LogP contribution in [0.5, 0.6) is 0 Å². The number of aromatic amines is 1. The molecular weight excluding hydrogens is 295 g/mol. The third kappa shape index (κ3) is 2.89. The van der Waals surface area contributed by atoms with E-state index in [-0.39, 0.29) is 5.56 Å². The minimum absolute atomic E-state index is 0.131. The molecule has 5 heteroatoms. The van der Waals surface area contributed by atoms with Crippen LogP contribution in [0.15, 0.2) is 29.1 Å². The Labute approximate surface area is 127 Å². The van der Waals surface area contributed by atoms with Gasteiger partial charge in [0, 0.05) is 27.6 Å². The maximum absolute atomic E-state index is 11.8. The number of hydrogen-bond donors (Lipinski definition) is 1. The molecule has 1 aromatic heterocycles. The minimum Gasteiger partial charge on any atom is -0.307 e. The molecule has 0 atom stereocenters. The van der Waals surface area contributed by atoms with E-state index in [1.165, 1.54) is 12.8 Å². The maximum Gasteiger partial charge on any atom is 0.251 e. The van der Waals surface area contributed by atoms with E-state index in [1.54, 1.807) is 24.3 Å². The average molecular weight is 309 g/mol. The zero-order chi connectivity index (χ0) is 14.1. The molecule has 0 spiro atoms. The summed E-state index contributed by atoms with van der Waals surface area (Å²) in [7, 11) is 0. The lowest BCUT2D eigenvalue weighted by Crippen LogP contribution is -2.12. The molecule has 3 nitrogen and oxygen atoms in total. The molecule has 0 unspecified atom stereocenters. The molecule has 1 N–H and O–H groups in total. The van der Waals surface area contributed by atoms with Crippen LogP contribution in [-0.4, -0.2) is 9.97 Å². The van der Waals surface area contributed by atoms with Gasteiger partial charge in [-0.3, -0.25) is 4.79 Å². The first-order valence-electron chi connectivity index (χ1n) is 6.69. The Balaban J connectivity index is 2.06. The van der Waals surface area contributed by atoms with Gasteiger partial charge in [0.1, 0.15) is 5.82 Å². The van der Waals surface area contributed by atoms with Crippen molar-refractivity contribution in [2.24, 2.45) is 0 Å². The highest BCUT2D eigenvalue weighted by molar-refractivity contribution is 6.35. The smallest absolute Gasteiger partial charge is 0.251 e. The molecule has 104 valence electrons. The fourth-order valence-electron chi connectivity index (χ4n) is 2.73. The maximum atomic E-state index is 11.8. The van der Waals surface area contributed by atoms with Gasteiger partial charge in [-0.1, -0.05) is 36.0 Å². The summed E-state index contributed by atoms with van der Waals surface area (Å²) in [5, 5.41) is 1.06. The number of H-pyrrole nitrogens is 1. The molecule has 1 saturated carbocycles. The van der Waals surface area contributed by atoms with Crippen molar-refractivity contribution in [2.75, 3.05) is 0 Å². The molecule has 0 amide bonds. The molecule has 1 heterocycles. The van der Waals surface area contributed by atoms with Gasteiger partial charge in [-0.15, -0.1) is 0 Å². The van der Waals surface area contributed by atoms with Gasteiger partial charge in [0.15, 0.2) is 0 Å². The summed E-state index contributed by atoms with van der Waals surface area (Å²) < 4.78 is 0. The van der Waals surface area contributed by atoms with Crippen molar-refractivity contribution in [1.82, 2.24) is 9.97 Å². The molecule has 20 heavy (non-hydrogen) atoms. The van der Waals surface area contributed by atoms with Gasteiger partial charge in [-0.2, -0.15) is 0 Å². The first-order chi connectivity index (χ1) is 9.61. The standard InChI is InChI=1S/C15H14Cl2N2O/c16-11-5-10(6-12(17)7-11)15-18-13(8-14(20)19-15)9-3-1-2-4-9/h5-9H,1-4H2,(H,18,19,20). The zero-order valence-corrected chi connectivity index (χ0v) is 12.3. The predicted molar refractivity (Wildman–Crippen MR) is 81.5 cm³/mol. The highest BCUT2D eigenvalue weighted by Crippen LogP contribution is 2.33. The summed E-state index contributed by atoms with van der Waals surface area (Å²) in [6.07, 6.45) is 4.62. The normalized spacial score (nSPS) is 15.7. The van der Waals surface area contributed by atoms with E-state index >= 15 is 0 Å². The molecule has 1 aliphatic carbocycles. The molecule has 2 aromatic rings. The van der Waals surface area contributed by atoms with E-state index in [9.17, 15) is 4.79 Å².